The summed E-state index contributed by atoms with van der Waals surface area (Å²) < 4.78 is 14.1. The molecule has 0 aliphatic carbocycles. The molecule has 0 amide bonds. The average molecular weight is 273 g/mol. The molecule has 0 aromatic heterocycles. The van der Waals surface area contributed by atoms with E-state index in [1.54, 1.807) is 18.2 Å². The molecule has 1 heterocycles. The summed E-state index contributed by atoms with van der Waals surface area (Å²) in [6, 6.07) is 4.96. The number of halogens is 2. The third-order valence-corrected chi connectivity index (χ3v) is 3.63. The summed E-state index contributed by atoms with van der Waals surface area (Å²) in [5.74, 6) is -0.365. The fraction of sp³-hybridized carbons (Fsp3) is 0.538. The van der Waals surface area contributed by atoms with E-state index in [1.807, 2.05) is 0 Å². The Labute approximate surface area is 112 Å². The highest BCUT2D eigenvalue weighted by Gasteiger charge is 2.24. The van der Waals surface area contributed by atoms with E-state index >= 15 is 0 Å². The molecule has 1 fully saturated rings. The van der Waals surface area contributed by atoms with E-state index in [-0.39, 0.29) is 23.5 Å². The molecule has 0 saturated carbocycles. The fourth-order valence-electron chi connectivity index (χ4n) is 2.43. The van der Waals surface area contributed by atoms with Crippen LogP contribution in [0.3, 0.4) is 0 Å². The number of hydrogen-bond donors (Lipinski definition) is 2. The SMILES string of the molecule is OCC[C@@H](c1cccc(Cl)c1F)N1CCNCC1. The lowest BCUT2D eigenvalue weighted by molar-refractivity contribution is 0.138. The highest BCUT2D eigenvalue weighted by atomic mass is 35.5. The zero-order chi connectivity index (χ0) is 13.0. The maximum absolute atomic E-state index is 14.1. The van der Waals surface area contributed by atoms with Crippen LogP contribution < -0.4 is 5.32 Å². The number of piperazine rings is 1. The Morgan fingerprint density at radius 1 is 1.39 bits per heavy atom. The van der Waals surface area contributed by atoms with Gasteiger partial charge in [0.25, 0.3) is 0 Å². The van der Waals surface area contributed by atoms with Crippen LogP contribution in [0.2, 0.25) is 5.02 Å². The highest BCUT2D eigenvalue weighted by Crippen LogP contribution is 2.29. The molecule has 100 valence electrons. The molecule has 3 nitrogen and oxygen atoms in total. The van der Waals surface area contributed by atoms with E-state index in [1.165, 1.54) is 0 Å². The minimum absolute atomic E-state index is 0.0422. The summed E-state index contributed by atoms with van der Waals surface area (Å²) in [7, 11) is 0. The summed E-state index contributed by atoms with van der Waals surface area (Å²) >= 11 is 5.83. The van der Waals surface area contributed by atoms with Crippen LogP contribution in [0.5, 0.6) is 0 Å². The average Bonchev–Trinajstić information content (AvgIpc) is 2.41. The predicted octanol–water partition coefficient (Wildman–Crippen LogP) is 1.81. The van der Waals surface area contributed by atoms with E-state index < -0.39 is 0 Å². The molecular weight excluding hydrogens is 255 g/mol. The highest BCUT2D eigenvalue weighted by molar-refractivity contribution is 6.30. The summed E-state index contributed by atoms with van der Waals surface area (Å²) in [5, 5.41) is 12.6. The van der Waals surface area contributed by atoms with Gasteiger partial charge in [-0.05, 0) is 12.5 Å². The number of aliphatic hydroxyl groups is 1. The fourth-order valence-corrected chi connectivity index (χ4v) is 2.61. The molecule has 1 aliphatic rings. The molecule has 0 spiro atoms. The van der Waals surface area contributed by atoms with E-state index in [4.69, 9.17) is 11.6 Å². The lowest BCUT2D eigenvalue weighted by atomic mass is 10.0. The van der Waals surface area contributed by atoms with Crippen molar-refractivity contribution in [1.29, 1.82) is 0 Å². The van der Waals surface area contributed by atoms with Gasteiger partial charge in [0, 0.05) is 44.4 Å². The second-order valence-electron chi connectivity index (χ2n) is 4.46. The lowest BCUT2D eigenvalue weighted by Gasteiger charge is -2.35. The van der Waals surface area contributed by atoms with Crippen LogP contribution in [-0.2, 0) is 0 Å². The molecule has 0 unspecified atom stereocenters. The van der Waals surface area contributed by atoms with E-state index in [2.05, 4.69) is 10.2 Å². The number of nitrogens with zero attached hydrogens (tertiary/aromatic N) is 1. The monoisotopic (exact) mass is 272 g/mol. The van der Waals surface area contributed by atoms with Gasteiger partial charge in [0.15, 0.2) is 0 Å². The molecule has 1 aromatic carbocycles. The number of benzene rings is 1. The van der Waals surface area contributed by atoms with Crippen molar-refractivity contribution in [2.24, 2.45) is 0 Å². The molecule has 2 rings (SSSR count). The molecule has 1 atom stereocenters. The molecule has 0 radical (unpaired) electrons. The van der Waals surface area contributed by atoms with E-state index in [9.17, 15) is 9.50 Å². The van der Waals surface area contributed by atoms with Crippen LogP contribution in [-0.4, -0.2) is 42.8 Å². The van der Waals surface area contributed by atoms with Crippen LogP contribution >= 0.6 is 11.6 Å². The standard InChI is InChI=1S/C13H18ClFN2O/c14-11-3-1-2-10(13(11)15)12(4-9-18)17-7-5-16-6-8-17/h1-3,12,16,18H,4-9H2/t12-/m0/s1. The van der Waals surface area contributed by atoms with Crippen molar-refractivity contribution in [2.45, 2.75) is 12.5 Å². The second-order valence-corrected chi connectivity index (χ2v) is 4.86. The Kier molecular flexibility index (Phi) is 4.95. The molecule has 1 aliphatic heterocycles. The smallest absolute Gasteiger partial charge is 0.146 e. The molecule has 1 saturated heterocycles. The van der Waals surface area contributed by atoms with Crippen molar-refractivity contribution in [1.82, 2.24) is 10.2 Å². The number of nitrogens with one attached hydrogen (secondary N) is 1. The molecule has 18 heavy (non-hydrogen) atoms. The summed E-state index contributed by atoms with van der Waals surface area (Å²) in [6.45, 7) is 3.54. The normalized spacial score (nSPS) is 18.8. The zero-order valence-corrected chi connectivity index (χ0v) is 11.0. The van der Waals surface area contributed by atoms with Crippen LogP contribution in [0, 0.1) is 5.82 Å². The van der Waals surface area contributed by atoms with Crippen molar-refractivity contribution >= 4 is 11.6 Å². The Morgan fingerprint density at radius 3 is 2.78 bits per heavy atom. The third-order valence-electron chi connectivity index (χ3n) is 3.34. The first kappa shape index (κ1) is 13.7. The van der Waals surface area contributed by atoms with Gasteiger partial charge >= 0.3 is 0 Å². The van der Waals surface area contributed by atoms with E-state index in [0.717, 1.165) is 26.2 Å². The van der Waals surface area contributed by atoms with Gasteiger partial charge in [0.1, 0.15) is 5.82 Å². The van der Waals surface area contributed by atoms with Crippen LogP contribution in [0.4, 0.5) is 4.39 Å². The summed E-state index contributed by atoms with van der Waals surface area (Å²) in [5.41, 5.74) is 0.582. The molecule has 2 N–H and O–H groups in total. The quantitative estimate of drug-likeness (QED) is 0.878. The maximum Gasteiger partial charge on any atom is 0.146 e. The summed E-state index contributed by atoms with van der Waals surface area (Å²) in [4.78, 5) is 2.20. The lowest BCUT2D eigenvalue weighted by Crippen LogP contribution is -2.45. The van der Waals surface area contributed by atoms with Gasteiger partial charge < -0.3 is 10.4 Å². The molecule has 1 aromatic rings. The third kappa shape index (κ3) is 3.01. The van der Waals surface area contributed by atoms with Gasteiger partial charge in [-0.2, -0.15) is 0 Å². The van der Waals surface area contributed by atoms with Gasteiger partial charge in [-0.25, -0.2) is 4.39 Å². The summed E-state index contributed by atoms with van der Waals surface area (Å²) in [6.07, 6.45) is 0.525. The first-order chi connectivity index (χ1) is 8.74. The van der Waals surface area contributed by atoms with Gasteiger partial charge in [-0.15, -0.1) is 0 Å². The van der Waals surface area contributed by atoms with Gasteiger partial charge in [0.05, 0.1) is 5.02 Å². The number of rotatable bonds is 4. The van der Waals surface area contributed by atoms with Gasteiger partial charge in [-0.1, -0.05) is 23.7 Å². The van der Waals surface area contributed by atoms with Crippen LogP contribution in [0.15, 0.2) is 18.2 Å². The van der Waals surface area contributed by atoms with Crippen molar-refractivity contribution in [2.75, 3.05) is 32.8 Å². The zero-order valence-electron chi connectivity index (χ0n) is 10.2. The molecular formula is C13H18ClFN2O. The minimum Gasteiger partial charge on any atom is -0.396 e. The molecule has 0 bridgehead atoms. The van der Waals surface area contributed by atoms with Gasteiger partial charge in [-0.3, -0.25) is 4.90 Å². The van der Waals surface area contributed by atoms with Crippen molar-refractivity contribution in [3.05, 3.63) is 34.6 Å². The predicted molar refractivity (Wildman–Crippen MR) is 70.3 cm³/mol. The topological polar surface area (TPSA) is 35.5 Å². The van der Waals surface area contributed by atoms with Crippen LogP contribution in [0.1, 0.15) is 18.0 Å². The first-order valence-electron chi connectivity index (χ1n) is 6.23. The minimum atomic E-state index is -0.365. The first-order valence-corrected chi connectivity index (χ1v) is 6.61. The Bertz CT molecular complexity index is 397. The van der Waals surface area contributed by atoms with E-state index in [0.29, 0.717) is 12.0 Å². The molecule has 5 heteroatoms. The Balaban J connectivity index is 2.25. The number of hydrogen-bond acceptors (Lipinski definition) is 3. The van der Waals surface area contributed by atoms with Crippen molar-refractivity contribution in [3.8, 4) is 0 Å². The maximum atomic E-state index is 14.1. The van der Waals surface area contributed by atoms with Crippen molar-refractivity contribution < 1.29 is 9.50 Å². The van der Waals surface area contributed by atoms with Gasteiger partial charge in [0.2, 0.25) is 0 Å². The van der Waals surface area contributed by atoms with Crippen molar-refractivity contribution in [3.63, 3.8) is 0 Å². The van der Waals surface area contributed by atoms with Crippen LogP contribution in [0.25, 0.3) is 0 Å². The Morgan fingerprint density at radius 2 is 2.11 bits per heavy atom. The number of aliphatic hydroxyl groups excluding tert-OH is 1. The largest absolute Gasteiger partial charge is 0.396 e. The Hall–Kier alpha value is -0.680. The second kappa shape index (κ2) is 6.48.